The van der Waals surface area contributed by atoms with E-state index >= 15 is 0 Å². The van der Waals surface area contributed by atoms with Gasteiger partial charge in [0.2, 0.25) is 0 Å². The monoisotopic (exact) mass is 343 g/mol. The molecular weight excluding hydrogens is 330 g/mol. The fourth-order valence-corrected chi connectivity index (χ4v) is 2.45. The molecule has 0 aliphatic rings. The summed E-state index contributed by atoms with van der Waals surface area (Å²) >= 11 is 5.90. The van der Waals surface area contributed by atoms with E-state index in [1.165, 1.54) is 6.20 Å². The van der Waals surface area contributed by atoms with E-state index in [1.807, 2.05) is 0 Å². The molecular formula is C17H14ClN3O3. The molecule has 7 heteroatoms. The molecule has 0 aliphatic heterocycles. The number of fused-ring (bicyclic) bond motifs is 1. The molecule has 0 spiro atoms. The van der Waals surface area contributed by atoms with E-state index in [1.54, 1.807) is 54.0 Å². The van der Waals surface area contributed by atoms with Crippen LogP contribution < -0.4 is 5.32 Å². The Morgan fingerprint density at radius 3 is 2.88 bits per heavy atom. The summed E-state index contributed by atoms with van der Waals surface area (Å²) < 4.78 is 6.55. The van der Waals surface area contributed by atoms with Crippen molar-refractivity contribution in [2.24, 2.45) is 0 Å². The van der Waals surface area contributed by atoms with Gasteiger partial charge < -0.3 is 10.1 Å². The van der Waals surface area contributed by atoms with Crippen LogP contribution in [0.5, 0.6) is 0 Å². The molecule has 0 radical (unpaired) electrons. The minimum atomic E-state index is -0.453. The minimum Gasteiger partial charge on any atom is -0.462 e. The third-order valence-corrected chi connectivity index (χ3v) is 3.60. The Labute approximate surface area is 143 Å². The Bertz CT molecular complexity index is 920. The van der Waals surface area contributed by atoms with Gasteiger partial charge in [0.05, 0.1) is 18.3 Å². The van der Waals surface area contributed by atoms with E-state index in [9.17, 15) is 9.59 Å². The first-order valence-corrected chi connectivity index (χ1v) is 7.67. The average Bonchev–Trinajstić information content (AvgIpc) is 2.98. The number of anilines is 1. The van der Waals surface area contributed by atoms with Crippen LogP contribution >= 0.6 is 11.6 Å². The number of hydrogen-bond donors (Lipinski definition) is 1. The number of amides is 1. The van der Waals surface area contributed by atoms with Crippen LogP contribution in [0.1, 0.15) is 27.6 Å². The molecule has 0 atom stereocenters. The van der Waals surface area contributed by atoms with Crippen molar-refractivity contribution in [2.75, 3.05) is 11.9 Å². The largest absolute Gasteiger partial charge is 0.462 e. The highest BCUT2D eigenvalue weighted by Crippen LogP contribution is 2.18. The summed E-state index contributed by atoms with van der Waals surface area (Å²) in [5.41, 5.74) is 1.88. The van der Waals surface area contributed by atoms with E-state index in [-0.39, 0.29) is 12.5 Å². The van der Waals surface area contributed by atoms with Gasteiger partial charge in [-0.15, -0.1) is 0 Å². The molecule has 1 aromatic carbocycles. The van der Waals surface area contributed by atoms with Crippen molar-refractivity contribution in [1.29, 1.82) is 0 Å². The van der Waals surface area contributed by atoms with Gasteiger partial charge in [0.15, 0.2) is 0 Å². The van der Waals surface area contributed by atoms with Gasteiger partial charge in [0, 0.05) is 22.5 Å². The second kappa shape index (κ2) is 6.72. The van der Waals surface area contributed by atoms with Gasteiger partial charge in [-0.05, 0) is 37.3 Å². The van der Waals surface area contributed by atoms with Crippen molar-refractivity contribution in [2.45, 2.75) is 6.92 Å². The van der Waals surface area contributed by atoms with Crippen LogP contribution in [0, 0.1) is 0 Å². The third kappa shape index (κ3) is 3.23. The first-order chi connectivity index (χ1) is 11.6. The number of benzene rings is 1. The van der Waals surface area contributed by atoms with Crippen LogP contribution in [0.2, 0.25) is 5.02 Å². The lowest BCUT2D eigenvalue weighted by Gasteiger charge is -2.07. The smallest absolute Gasteiger partial charge is 0.341 e. The molecule has 0 saturated carbocycles. The molecule has 0 aliphatic carbocycles. The molecule has 24 heavy (non-hydrogen) atoms. The summed E-state index contributed by atoms with van der Waals surface area (Å²) in [7, 11) is 0. The number of carbonyl (C=O) groups is 2. The fourth-order valence-electron chi connectivity index (χ4n) is 2.26. The quantitative estimate of drug-likeness (QED) is 0.737. The predicted molar refractivity (Wildman–Crippen MR) is 90.6 cm³/mol. The van der Waals surface area contributed by atoms with Gasteiger partial charge in [0.25, 0.3) is 5.91 Å². The second-order valence-electron chi connectivity index (χ2n) is 4.99. The average molecular weight is 344 g/mol. The van der Waals surface area contributed by atoms with Crippen molar-refractivity contribution in [1.82, 2.24) is 9.61 Å². The first kappa shape index (κ1) is 16.0. The molecule has 0 bridgehead atoms. The Balaban J connectivity index is 1.89. The van der Waals surface area contributed by atoms with Crippen molar-refractivity contribution < 1.29 is 14.3 Å². The fraction of sp³-hybridized carbons (Fsp3) is 0.118. The molecule has 2 aromatic heterocycles. The van der Waals surface area contributed by atoms with Gasteiger partial charge in [-0.25, -0.2) is 9.31 Å². The van der Waals surface area contributed by atoms with E-state index in [0.717, 1.165) is 0 Å². The van der Waals surface area contributed by atoms with Crippen molar-refractivity contribution in [3.8, 4) is 0 Å². The highest BCUT2D eigenvalue weighted by molar-refractivity contribution is 6.31. The second-order valence-corrected chi connectivity index (χ2v) is 5.42. The van der Waals surface area contributed by atoms with E-state index in [2.05, 4.69) is 10.4 Å². The van der Waals surface area contributed by atoms with Crippen LogP contribution in [0.15, 0.2) is 48.8 Å². The summed E-state index contributed by atoms with van der Waals surface area (Å²) in [6.07, 6.45) is 3.10. The Kier molecular flexibility index (Phi) is 4.48. The summed E-state index contributed by atoms with van der Waals surface area (Å²) in [4.78, 5) is 24.2. The van der Waals surface area contributed by atoms with Crippen LogP contribution in [-0.2, 0) is 4.74 Å². The highest BCUT2D eigenvalue weighted by Gasteiger charge is 2.15. The van der Waals surface area contributed by atoms with E-state index in [0.29, 0.717) is 27.4 Å². The van der Waals surface area contributed by atoms with Gasteiger partial charge in [-0.3, -0.25) is 4.79 Å². The number of halogens is 1. The van der Waals surface area contributed by atoms with Crippen LogP contribution in [0.3, 0.4) is 0 Å². The number of aromatic nitrogens is 2. The number of hydrogen-bond acceptors (Lipinski definition) is 4. The molecule has 0 fully saturated rings. The van der Waals surface area contributed by atoms with Crippen molar-refractivity contribution >= 4 is 34.7 Å². The third-order valence-electron chi connectivity index (χ3n) is 3.36. The maximum absolute atomic E-state index is 12.3. The maximum atomic E-state index is 12.3. The molecule has 3 rings (SSSR count). The summed E-state index contributed by atoms with van der Waals surface area (Å²) in [5.74, 6) is -0.745. The zero-order valence-corrected chi connectivity index (χ0v) is 13.6. The van der Waals surface area contributed by atoms with Crippen molar-refractivity contribution in [3.63, 3.8) is 0 Å². The zero-order valence-electron chi connectivity index (χ0n) is 12.8. The van der Waals surface area contributed by atoms with Crippen LogP contribution in [-0.4, -0.2) is 28.1 Å². The SMILES string of the molecule is CCOC(=O)c1cnn2ccc(NC(=O)c3cccc(Cl)c3)cc12. The number of pyridine rings is 1. The van der Waals surface area contributed by atoms with Gasteiger partial charge in [-0.1, -0.05) is 17.7 Å². The minimum absolute atomic E-state index is 0.279. The number of carbonyl (C=O) groups excluding carboxylic acids is 2. The highest BCUT2D eigenvalue weighted by atomic mass is 35.5. The lowest BCUT2D eigenvalue weighted by molar-refractivity contribution is 0.0528. The van der Waals surface area contributed by atoms with Gasteiger partial charge in [-0.2, -0.15) is 5.10 Å². The summed E-state index contributed by atoms with van der Waals surface area (Å²) in [6.45, 7) is 2.02. The van der Waals surface area contributed by atoms with Gasteiger partial charge in [0.1, 0.15) is 5.56 Å². The predicted octanol–water partition coefficient (Wildman–Crippen LogP) is 3.42. The maximum Gasteiger partial charge on any atom is 0.341 e. The standard InChI is InChI=1S/C17H14ClN3O3/c1-2-24-17(23)14-10-19-21-7-6-13(9-15(14)21)20-16(22)11-4-3-5-12(18)8-11/h3-10H,2H2,1H3,(H,20,22). The molecule has 6 nitrogen and oxygen atoms in total. The molecule has 2 heterocycles. The summed E-state index contributed by atoms with van der Waals surface area (Å²) in [5, 5.41) is 7.36. The Hall–Kier alpha value is -2.86. The molecule has 0 saturated heterocycles. The Morgan fingerprint density at radius 2 is 2.12 bits per heavy atom. The normalized spacial score (nSPS) is 10.6. The topological polar surface area (TPSA) is 72.7 Å². The molecule has 122 valence electrons. The molecule has 1 amide bonds. The van der Waals surface area contributed by atoms with Crippen molar-refractivity contribution in [3.05, 3.63) is 64.9 Å². The van der Waals surface area contributed by atoms with Gasteiger partial charge >= 0.3 is 5.97 Å². The van der Waals surface area contributed by atoms with E-state index in [4.69, 9.17) is 16.3 Å². The van der Waals surface area contributed by atoms with Crippen LogP contribution in [0.4, 0.5) is 5.69 Å². The first-order valence-electron chi connectivity index (χ1n) is 7.30. The number of esters is 1. The van der Waals surface area contributed by atoms with E-state index < -0.39 is 5.97 Å². The Morgan fingerprint density at radius 1 is 1.29 bits per heavy atom. The number of nitrogens with zero attached hydrogens (tertiary/aromatic N) is 2. The van der Waals surface area contributed by atoms with Crippen LogP contribution in [0.25, 0.3) is 5.52 Å². The molecule has 1 N–H and O–H groups in total. The lowest BCUT2D eigenvalue weighted by Crippen LogP contribution is -2.12. The molecule has 0 unspecified atom stereocenters. The number of rotatable bonds is 4. The molecule has 3 aromatic rings. The number of nitrogens with one attached hydrogen (secondary N) is 1. The number of ether oxygens (including phenoxy) is 1. The lowest BCUT2D eigenvalue weighted by atomic mass is 10.2. The summed E-state index contributed by atoms with van der Waals surface area (Å²) in [6, 6.07) is 10.0. The zero-order chi connectivity index (χ0) is 17.1.